The van der Waals surface area contributed by atoms with Gasteiger partial charge in [-0.1, -0.05) is 24.3 Å². The molecule has 0 amide bonds. The largest absolute Gasteiger partial charge is 0.384 e. The highest BCUT2D eigenvalue weighted by Crippen LogP contribution is 2.22. The molecule has 1 unspecified atom stereocenters. The van der Waals surface area contributed by atoms with Crippen molar-refractivity contribution in [1.82, 2.24) is 5.32 Å². The van der Waals surface area contributed by atoms with E-state index in [-0.39, 0.29) is 0 Å². The monoisotopic (exact) mass is 205 g/mol. The van der Waals surface area contributed by atoms with Crippen LogP contribution in [0.4, 0.5) is 0 Å². The van der Waals surface area contributed by atoms with Crippen LogP contribution in [0.2, 0.25) is 0 Å². The molecule has 82 valence electrons. The van der Waals surface area contributed by atoms with Gasteiger partial charge < -0.3 is 10.1 Å². The summed E-state index contributed by atoms with van der Waals surface area (Å²) in [6.45, 7) is 3.10. The molecular weight excluding hydrogens is 186 g/mol. The number of hydrogen-bond acceptors (Lipinski definition) is 2. The van der Waals surface area contributed by atoms with Crippen LogP contribution in [0.5, 0.6) is 0 Å². The first-order valence-electron chi connectivity index (χ1n) is 5.68. The number of nitrogens with one attached hydrogen (secondary N) is 1. The summed E-state index contributed by atoms with van der Waals surface area (Å²) >= 11 is 0. The minimum absolute atomic E-state index is 0.715. The van der Waals surface area contributed by atoms with Crippen LogP contribution >= 0.6 is 0 Å². The molecule has 1 saturated heterocycles. The van der Waals surface area contributed by atoms with E-state index in [1.807, 2.05) is 0 Å². The van der Waals surface area contributed by atoms with Crippen molar-refractivity contribution in [2.75, 3.05) is 26.8 Å². The molecule has 1 atom stereocenters. The van der Waals surface area contributed by atoms with E-state index in [2.05, 4.69) is 29.6 Å². The third-order valence-corrected chi connectivity index (χ3v) is 3.08. The Hall–Kier alpha value is -0.860. The lowest BCUT2D eigenvalue weighted by Crippen LogP contribution is -2.08. The minimum Gasteiger partial charge on any atom is -0.384 e. The molecule has 1 fully saturated rings. The third kappa shape index (κ3) is 2.80. The van der Waals surface area contributed by atoms with Crippen LogP contribution in [0.1, 0.15) is 23.5 Å². The van der Waals surface area contributed by atoms with Gasteiger partial charge in [-0.25, -0.2) is 0 Å². The van der Waals surface area contributed by atoms with Gasteiger partial charge in [-0.15, -0.1) is 0 Å². The molecule has 0 saturated carbocycles. The fourth-order valence-corrected chi connectivity index (χ4v) is 2.16. The highest BCUT2D eigenvalue weighted by atomic mass is 16.5. The van der Waals surface area contributed by atoms with Crippen molar-refractivity contribution in [3.8, 4) is 0 Å². The fraction of sp³-hybridized carbons (Fsp3) is 0.538. The zero-order valence-corrected chi connectivity index (χ0v) is 9.33. The molecule has 0 radical (unpaired) electrons. The number of methoxy groups -OCH3 is 1. The van der Waals surface area contributed by atoms with Crippen LogP contribution in [0.3, 0.4) is 0 Å². The van der Waals surface area contributed by atoms with E-state index in [0.717, 1.165) is 26.1 Å². The van der Waals surface area contributed by atoms with Crippen molar-refractivity contribution in [1.29, 1.82) is 0 Å². The zero-order valence-electron chi connectivity index (χ0n) is 9.33. The Bertz CT molecular complexity index is 305. The molecule has 0 aliphatic carbocycles. The van der Waals surface area contributed by atoms with E-state index in [1.54, 1.807) is 7.11 Å². The van der Waals surface area contributed by atoms with Crippen LogP contribution in [0.25, 0.3) is 0 Å². The first kappa shape index (κ1) is 10.7. The second kappa shape index (κ2) is 5.29. The van der Waals surface area contributed by atoms with E-state index in [1.165, 1.54) is 17.5 Å². The Kier molecular flexibility index (Phi) is 3.75. The molecule has 0 aromatic heterocycles. The SMILES string of the molecule is COCCc1cccc(C2CCNC2)c1. The molecule has 0 spiro atoms. The smallest absolute Gasteiger partial charge is 0.0502 e. The first-order valence-corrected chi connectivity index (χ1v) is 5.68. The Labute approximate surface area is 91.6 Å². The maximum absolute atomic E-state index is 5.10. The van der Waals surface area contributed by atoms with Gasteiger partial charge in [0, 0.05) is 13.7 Å². The Morgan fingerprint density at radius 1 is 1.47 bits per heavy atom. The highest BCUT2D eigenvalue weighted by molar-refractivity contribution is 5.27. The third-order valence-electron chi connectivity index (χ3n) is 3.08. The predicted octanol–water partition coefficient (Wildman–Crippen LogP) is 1.95. The molecule has 15 heavy (non-hydrogen) atoms. The summed E-state index contributed by atoms with van der Waals surface area (Å²) in [4.78, 5) is 0. The van der Waals surface area contributed by atoms with Gasteiger partial charge in [0.25, 0.3) is 0 Å². The maximum atomic E-state index is 5.10. The molecule has 1 heterocycles. The normalized spacial score (nSPS) is 20.7. The second-order valence-electron chi connectivity index (χ2n) is 4.18. The van der Waals surface area contributed by atoms with E-state index >= 15 is 0 Å². The average Bonchev–Trinajstić information content (AvgIpc) is 2.80. The van der Waals surface area contributed by atoms with Gasteiger partial charge in [0.2, 0.25) is 0 Å². The van der Waals surface area contributed by atoms with Crippen molar-refractivity contribution in [3.05, 3.63) is 35.4 Å². The molecule has 0 bridgehead atoms. The van der Waals surface area contributed by atoms with Crippen molar-refractivity contribution < 1.29 is 4.74 Å². The lowest BCUT2D eigenvalue weighted by Gasteiger charge is -2.10. The van der Waals surface area contributed by atoms with Gasteiger partial charge in [-0.2, -0.15) is 0 Å². The summed E-state index contributed by atoms with van der Waals surface area (Å²) in [7, 11) is 1.75. The molecule has 1 N–H and O–H groups in total. The molecule has 1 aromatic carbocycles. The standard InChI is InChI=1S/C13H19NO/c1-15-8-6-11-3-2-4-12(9-11)13-5-7-14-10-13/h2-4,9,13-14H,5-8,10H2,1H3. The van der Waals surface area contributed by atoms with Crippen molar-refractivity contribution in [2.24, 2.45) is 0 Å². The van der Waals surface area contributed by atoms with Crippen LogP contribution < -0.4 is 5.32 Å². The summed E-state index contributed by atoms with van der Waals surface area (Å²) in [5, 5.41) is 3.41. The van der Waals surface area contributed by atoms with E-state index < -0.39 is 0 Å². The van der Waals surface area contributed by atoms with Gasteiger partial charge in [-0.05, 0) is 36.4 Å². The average molecular weight is 205 g/mol. The van der Waals surface area contributed by atoms with Gasteiger partial charge in [0.15, 0.2) is 0 Å². The Balaban J connectivity index is 2.04. The molecule has 2 nitrogen and oxygen atoms in total. The quantitative estimate of drug-likeness (QED) is 0.811. The molecule has 2 rings (SSSR count). The number of ether oxygens (including phenoxy) is 1. The number of hydrogen-bond donors (Lipinski definition) is 1. The maximum Gasteiger partial charge on any atom is 0.0502 e. The molecule has 2 heteroatoms. The van der Waals surface area contributed by atoms with Gasteiger partial charge >= 0.3 is 0 Å². The Morgan fingerprint density at radius 3 is 3.13 bits per heavy atom. The summed E-state index contributed by atoms with van der Waals surface area (Å²) in [6.07, 6.45) is 2.29. The number of rotatable bonds is 4. The van der Waals surface area contributed by atoms with Crippen LogP contribution in [0, 0.1) is 0 Å². The number of benzene rings is 1. The van der Waals surface area contributed by atoms with Gasteiger partial charge in [0.05, 0.1) is 6.61 Å². The topological polar surface area (TPSA) is 21.3 Å². The molecule has 1 aliphatic heterocycles. The summed E-state index contributed by atoms with van der Waals surface area (Å²) in [5.74, 6) is 0.715. The van der Waals surface area contributed by atoms with Gasteiger partial charge in [0.1, 0.15) is 0 Å². The zero-order chi connectivity index (χ0) is 10.5. The molecule has 1 aliphatic rings. The summed E-state index contributed by atoms with van der Waals surface area (Å²) in [5.41, 5.74) is 2.87. The van der Waals surface area contributed by atoms with E-state index in [0.29, 0.717) is 5.92 Å². The second-order valence-corrected chi connectivity index (χ2v) is 4.18. The minimum atomic E-state index is 0.715. The van der Waals surface area contributed by atoms with E-state index in [9.17, 15) is 0 Å². The van der Waals surface area contributed by atoms with Gasteiger partial charge in [-0.3, -0.25) is 0 Å². The molecular formula is C13H19NO. The van der Waals surface area contributed by atoms with E-state index in [4.69, 9.17) is 4.74 Å². The van der Waals surface area contributed by atoms with Crippen molar-refractivity contribution >= 4 is 0 Å². The predicted molar refractivity (Wildman–Crippen MR) is 62.2 cm³/mol. The van der Waals surface area contributed by atoms with Crippen molar-refractivity contribution in [3.63, 3.8) is 0 Å². The lowest BCUT2D eigenvalue weighted by atomic mass is 9.96. The fourth-order valence-electron chi connectivity index (χ4n) is 2.16. The van der Waals surface area contributed by atoms with Crippen LogP contribution in [0.15, 0.2) is 24.3 Å². The highest BCUT2D eigenvalue weighted by Gasteiger charge is 2.16. The van der Waals surface area contributed by atoms with Crippen molar-refractivity contribution in [2.45, 2.75) is 18.8 Å². The van der Waals surface area contributed by atoms with Crippen LogP contribution in [-0.2, 0) is 11.2 Å². The Morgan fingerprint density at radius 2 is 2.40 bits per heavy atom. The summed E-state index contributed by atoms with van der Waals surface area (Å²) < 4.78 is 5.10. The molecule has 1 aromatic rings. The van der Waals surface area contributed by atoms with Crippen LogP contribution in [-0.4, -0.2) is 26.8 Å². The lowest BCUT2D eigenvalue weighted by molar-refractivity contribution is 0.202. The summed E-state index contributed by atoms with van der Waals surface area (Å²) in [6, 6.07) is 8.92. The first-order chi connectivity index (χ1) is 7.40.